The van der Waals surface area contributed by atoms with Gasteiger partial charge in [0.25, 0.3) is 5.91 Å². The minimum Gasteiger partial charge on any atom is -0.355 e. The van der Waals surface area contributed by atoms with Crippen molar-refractivity contribution in [2.45, 2.75) is 26.4 Å². The van der Waals surface area contributed by atoms with Crippen molar-refractivity contribution in [3.63, 3.8) is 0 Å². The summed E-state index contributed by atoms with van der Waals surface area (Å²) in [7, 11) is 0. The van der Waals surface area contributed by atoms with Gasteiger partial charge in [0.2, 0.25) is 0 Å². The lowest BCUT2D eigenvalue weighted by Crippen LogP contribution is -2.36. The highest BCUT2D eigenvalue weighted by Gasteiger charge is 2.31. The lowest BCUT2D eigenvalue weighted by atomic mass is 9.95. The largest absolute Gasteiger partial charge is 0.417 e. The smallest absolute Gasteiger partial charge is 0.355 e. The van der Waals surface area contributed by atoms with Crippen molar-refractivity contribution in [2.75, 3.05) is 31.1 Å². The summed E-state index contributed by atoms with van der Waals surface area (Å²) in [6.07, 6.45) is -2.98. The fourth-order valence-electron chi connectivity index (χ4n) is 4.17. The van der Waals surface area contributed by atoms with Crippen LogP contribution < -0.4 is 4.90 Å². The molecule has 182 valence electrons. The van der Waals surface area contributed by atoms with Gasteiger partial charge in [-0.25, -0.2) is 4.98 Å². The van der Waals surface area contributed by atoms with E-state index in [9.17, 15) is 22.8 Å². The van der Waals surface area contributed by atoms with Crippen LogP contribution in [0.15, 0.2) is 60.8 Å². The summed E-state index contributed by atoms with van der Waals surface area (Å²) in [6, 6.07) is 14.7. The zero-order valence-corrected chi connectivity index (χ0v) is 19.6. The number of pyridine rings is 1. The van der Waals surface area contributed by atoms with Crippen molar-refractivity contribution in [3.8, 4) is 0 Å². The Bertz CT molecular complexity index is 1240. The van der Waals surface area contributed by atoms with E-state index in [1.54, 1.807) is 35.2 Å². The molecule has 1 saturated heterocycles. The van der Waals surface area contributed by atoms with Gasteiger partial charge < -0.3 is 9.80 Å². The number of rotatable bonds is 4. The van der Waals surface area contributed by atoms with Gasteiger partial charge in [0, 0.05) is 43.5 Å². The molecule has 0 atom stereocenters. The maximum absolute atomic E-state index is 13.4. The second kappa shape index (κ2) is 9.90. The Hall–Kier alpha value is -3.68. The molecule has 1 aromatic heterocycles. The van der Waals surface area contributed by atoms with Crippen molar-refractivity contribution in [1.29, 1.82) is 0 Å². The normalized spacial score (nSPS) is 14.5. The summed E-state index contributed by atoms with van der Waals surface area (Å²) in [5.41, 5.74) is 2.52. The van der Waals surface area contributed by atoms with Gasteiger partial charge in [-0.1, -0.05) is 30.3 Å². The Labute approximate surface area is 202 Å². The van der Waals surface area contributed by atoms with Gasteiger partial charge >= 0.3 is 6.18 Å². The highest BCUT2D eigenvalue weighted by molar-refractivity contribution is 6.15. The van der Waals surface area contributed by atoms with Crippen LogP contribution in [0.3, 0.4) is 0 Å². The standard InChI is InChI=1S/C27H26F3N3O2/c1-18-8-9-20(16-19(18)2)25(34)22-6-3-4-7-23(22)26(35)33-13-5-12-32(14-15-33)24-11-10-21(17-31-24)27(28,29)30/h3-4,6-11,16-17H,5,12-15H2,1-2H3. The molecule has 1 amide bonds. The highest BCUT2D eigenvalue weighted by Crippen LogP contribution is 2.29. The number of amides is 1. The number of hydrogen-bond donors (Lipinski definition) is 0. The summed E-state index contributed by atoms with van der Waals surface area (Å²) in [5.74, 6) is 0.0000766. The van der Waals surface area contributed by atoms with Gasteiger partial charge in [0.1, 0.15) is 5.82 Å². The van der Waals surface area contributed by atoms with Crippen LogP contribution in [0.1, 0.15) is 49.4 Å². The van der Waals surface area contributed by atoms with Gasteiger partial charge in [-0.2, -0.15) is 13.2 Å². The average Bonchev–Trinajstić information content (AvgIpc) is 3.11. The fraction of sp³-hybridized carbons (Fsp3) is 0.296. The topological polar surface area (TPSA) is 53.5 Å². The third-order valence-corrected chi connectivity index (χ3v) is 6.35. The number of hydrogen-bond acceptors (Lipinski definition) is 4. The molecule has 0 saturated carbocycles. The van der Waals surface area contributed by atoms with Crippen molar-refractivity contribution >= 4 is 17.5 Å². The van der Waals surface area contributed by atoms with Crippen LogP contribution in [0.25, 0.3) is 0 Å². The van der Waals surface area contributed by atoms with Gasteiger partial charge in [0.15, 0.2) is 5.78 Å². The zero-order chi connectivity index (χ0) is 25.2. The monoisotopic (exact) mass is 481 g/mol. The van der Waals surface area contributed by atoms with E-state index in [2.05, 4.69) is 4.98 Å². The molecule has 0 radical (unpaired) electrons. The predicted octanol–water partition coefficient (Wildman–Crippen LogP) is 5.30. The molecule has 0 bridgehead atoms. The number of aromatic nitrogens is 1. The molecule has 0 N–H and O–H groups in total. The van der Waals surface area contributed by atoms with Crippen molar-refractivity contribution in [2.24, 2.45) is 0 Å². The molecule has 35 heavy (non-hydrogen) atoms. The van der Waals surface area contributed by atoms with Crippen LogP contribution in [-0.2, 0) is 6.18 Å². The number of aryl methyl sites for hydroxylation is 2. The predicted molar refractivity (Wildman–Crippen MR) is 128 cm³/mol. The first-order valence-electron chi connectivity index (χ1n) is 11.4. The third kappa shape index (κ3) is 5.37. The third-order valence-electron chi connectivity index (χ3n) is 6.35. The first-order valence-corrected chi connectivity index (χ1v) is 11.4. The van der Waals surface area contributed by atoms with Gasteiger partial charge in [-0.05, 0) is 55.7 Å². The first kappa shape index (κ1) is 24.4. The first-order chi connectivity index (χ1) is 16.6. The molecule has 0 spiro atoms. The fourth-order valence-corrected chi connectivity index (χ4v) is 4.17. The van der Waals surface area contributed by atoms with Gasteiger partial charge in [-0.15, -0.1) is 0 Å². The minimum absolute atomic E-state index is 0.206. The summed E-state index contributed by atoms with van der Waals surface area (Å²) in [6.45, 7) is 5.75. The molecule has 8 heteroatoms. The van der Waals surface area contributed by atoms with Gasteiger partial charge in [0.05, 0.1) is 11.1 Å². The lowest BCUT2D eigenvalue weighted by molar-refractivity contribution is -0.137. The Morgan fingerprint density at radius 1 is 0.857 bits per heavy atom. The number of carbonyl (C=O) groups is 2. The van der Waals surface area contributed by atoms with E-state index < -0.39 is 11.7 Å². The van der Waals surface area contributed by atoms with E-state index in [0.29, 0.717) is 55.1 Å². The van der Waals surface area contributed by atoms with Gasteiger partial charge in [-0.3, -0.25) is 9.59 Å². The van der Waals surface area contributed by atoms with E-state index >= 15 is 0 Å². The number of benzene rings is 2. The molecule has 1 fully saturated rings. The average molecular weight is 482 g/mol. The number of nitrogens with zero attached hydrogens (tertiary/aromatic N) is 3. The lowest BCUT2D eigenvalue weighted by Gasteiger charge is -2.23. The highest BCUT2D eigenvalue weighted by atomic mass is 19.4. The Kier molecular flexibility index (Phi) is 6.91. The number of ketones is 1. The summed E-state index contributed by atoms with van der Waals surface area (Å²) < 4.78 is 38.5. The van der Waals surface area contributed by atoms with Crippen LogP contribution >= 0.6 is 0 Å². The number of carbonyl (C=O) groups excluding carboxylic acids is 2. The molecule has 4 rings (SSSR count). The van der Waals surface area contributed by atoms with Crippen molar-refractivity contribution < 1.29 is 22.8 Å². The van der Waals surface area contributed by atoms with Crippen LogP contribution in [0.2, 0.25) is 0 Å². The molecule has 2 heterocycles. The number of anilines is 1. The second-order valence-electron chi connectivity index (χ2n) is 8.71. The molecular formula is C27H26F3N3O2. The van der Waals surface area contributed by atoms with E-state index in [0.717, 1.165) is 23.4 Å². The van der Waals surface area contributed by atoms with Crippen LogP contribution in [0.4, 0.5) is 19.0 Å². The molecule has 1 aliphatic heterocycles. The van der Waals surface area contributed by atoms with Crippen molar-refractivity contribution in [3.05, 3.63) is 94.2 Å². The molecule has 0 unspecified atom stereocenters. The van der Waals surface area contributed by atoms with Crippen LogP contribution in [0, 0.1) is 13.8 Å². The van der Waals surface area contributed by atoms with Crippen LogP contribution in [0.5, 0.6) is 0 Å². The Morgan fingerprint density at radius 3 is 2.26 bits per heavy atom. The maximum atomic E-state index is 13.4. The Morgan fingerprint density at radius 2 is 1.60 bits per heavy atom. The number of alkyl halides is 3. The molecule has 5 nitrogen and oxygen atoms in total. The van der Waals surface area contributed by atoms with E-state index in [-0.39, 0.29) is 11.7 Å². The molecule has 0 aliphatic carbocycles. The molecule has 2 aromatic carbocycles. The van der Waals surface area contributed by atoms with Crippen molar-refractivity contribution in [1.82, 2.24) is 9.88 Å². The summed E-state index contributed by atoms with van der Waals surface area (Å²) in [4.78, 5) is 34.2. The molecule has 3 aromatic rings. The SMILES string of the molecule is Cc1ccc(C(=O)c2ccccc2C(=O)N2CCCN(c3ccc(C(F)(F)F)cn3)CC2)cc1C. The molecule has 1 aliphatic rings. The second-order valence-corrected chi connectivity index (χ2v) is 8.71. The maximum Gasteiger partial charge on any atom is 0.417 e. The minimum atomic E-state index is -4.43. The zero-order valence-electron chi connectivity index (χ0n) is 19.6. The molecular weight excluding hydrogens is 455 g/mol. The number of halogens is 3. The summed E-state index contributed by atoms with van der Waals surface area (Å²) >= 11 is 0. The van der Waals surface area contributed by atoms with E-state index in [1.165, 1.54) is 6.07 Å². The summed E-state index contributed by atoms with van der Waals surface area (Å²) in [5, 5.41) is 0. The van der Waals surface area contributed by atoms with E-state index in [4.69, 9.17) is 0 Å². The Balaban J connectivity index is 1.51. The quantitative estimate of drug-likeness (QED) is 0.475. The van der Waals surface area contributed by atoms with Crippen LogP contribution in [-0.4, -0.2) is 47.8 Å². The van der Waals surface area contributed by atoms with E-state index in [1.807, 2.05) is 30.9 Å².